The molecule has 0 radical (unpaired) electrons. The van der Waals surface area contributed by atoms with Crippen molar-refractivity contribution >= 4 is 23.1 Å². The van der Waals surface area contributed by atoms with E-state index in [2.05, 4.69) is 6.92 Å². The fraction of sp³-hybridized carbons (Fsp3) is 0.733. The fourth-order valence-electron chi connectivity index (χ4n) is 10.9. The van der Waals surface area contributed by atoms with Gasteiger partial charge >= 0.3 is 11.9 Å². The zero-order valence-corrected chi connectivity index (χ0v) is 21.1. The van der Waals surface area contributed by atoms with Gasteiger partial charge in [0.15, 0.2) is 11.3 Å². The predicted octanol–water partition coefficient (Wildman–Crippen LogP) is 5.59. The third-order valence-corrected chi connectivity index (χ3v) is 12.0. The number of aryl methyl sites for hydroxylation is 2. The van der Waals surface area contributed by atoms with E-state index in [1.54, 1.807) is 0 Å². The van der Waals surface area contributed by atoms with Gasteiger partial charge in [0.25, 0.3) is 0 Å². The minimum atomic E-state index is -0.421. The number of carbonyl (C=O) groups is 2. The number of hydrogen-bond donors (Lipinski definition) is 0. The lowest BCUT2D eigenvalue weighted by Crippen LogP contribution is -2.50. The molecule has 36 heavy (non-hydrogen) atoms. The normalized spacial score (nSPS) is 47.1. The van der Waals surface area contributed by atoms with Crippen LogP contribution in [0.4, 0.5) is 0 Å². The van der Waals surface area contributed by atoms with Crippen molar-refractivity contribution in [2.45, 2.75) is 96.4 Å². The summed E-state index contributed by atoms with van der Waals surface area (Å²) in [5.41, 5.74) is 4.07. The first-order valence-electron chi connectivity index (χ1n) is 14.3. The summed E-state index contributed by atoms with van der Waals surface area (Å²) in [6, 6.07) is 0. The molecule has 8 aliphatic rings. The second-order valence-corrected chi connectivity index (χ2v) is 14.0. The van der Waals surface area contributed by atoms with Crippen LogP contribution in [0.1, 0.15) is 86.2 Å². The molecule has 0 spiro atoms. The van der Waals surface area contributed by atoms with Gasteiger partial charge in [-0.2, -0.15) is 0 Å². The zero-order chi connectivity index (χ0) is 24.1. The number of benzene rings is 1. The first-order valence-corrected chi connectivity index (χ1v) is 14.3. The van der Waals surface area contributed by atoms with Crippen LogP contribution in [0.3, 0.4) is 0 Å². The van der Waals surface area contributed by atoms with Crippen LogP contribution in [0, 0.1) is 47.3 Å². The van der Waals surface area contributed by atoms with Crippen molar-refractivity contribution in [3.8, 4) is 5.75 Å². The second-order valence-electron chi connectivity index (χ2n) is 14.0. The predicted molar refractivity (Wildman–Crippen MR) is 129 cm³/mol. The van der Waals surface area contributed by atoms with Gasteiger partial charge in [-0.1, -0.05) is 6.92 Å². The molecule has 4 saturated carbocycles. The Hall–Kier alpha value is -2.08. The highest BCUT2D eigenvalue weighted by Crippen LogP contribution is 2.65. The van der Waals surface area contributed by atoms with Crippen molar-refractivity contribution in [1.82, 2.24) is 0 Å². The minimum absolute atomic E-state index is 0.00344. The van der Waals surface area contributed by atoms with E-state index >= 15 is 0 Å². The summed E-state index contributed by atoms with van der Waals surface area (Å²) in [7, 11) is 0. The van der Waals surface area contributed by atoms with E-state index in [1.165, 1.54) is 32.1 Å². The highest BCUT2D eigenvalue weighted by Gasteiger charge is 2.71. The van der Waals surface area contributed by atoms with Crippen LogP contribution in [0.15, 0.2) is 4.42 Å². The van der Waals surface area contributed by atoms with Gasteiger partial charge in [0.05, 0.1) is 6.10 Å². The molecular weight excluding hydrogens is 456 g/mol. The zero-order valence-electron chi connectivity index (χ0n) is 21.1. The van der Waals surface area contributed by atoms with Crippen LogP contribution in [0.5, 0.6) is 5.75 Å². The molecule has 2 aromatic rings. The highest BCUT2D eigenvalue weighted by atomic mass is 16.6. The van der Waals surface area contributed by atoms with Crippen molar-refractivity contribution in [3.63, 3.8) is 0 Å². The molecule has 6 unspecified atom stereocenters. The summed E-state index contributed by atoms with van der Waals surface area (Å²) in [6.07, 6.45) is 11.4. The SMILES string of the molecule is Cc1c2c3oc1c(CCC1C4C[C@@]5(CCC6C7CC8CC6CC(C)(C8)C7)C(=O)OC1C5O4)c3C(=O)O2. The first-order chi connectivity index (χ1) is 17.3. The van der Waals surface area contributed by atoms with Crippen LogP contribution < -0.4 is 4.74 Å². The van der Waals surface area contributed by atoms with E-state index in [-0.39, 0.29) is 36.2 Å². The topological polar surface area (TPSA) is 75.0 Å². The van der Waals surface area contributed by atoms with Crippen LogP contribution in [0.25, 0.3) is 11.2 Å². The smallest absolute Gasteiger partial charge is 0.348 e. The van der Waals surface area contributed by atoms with Crippen molar-refractivity contribution in [2.24, 2.45) is 40.4 Å². The number of carbonyl (C=O) groups excluding carboxylic acids is 2. The van der Waals surface area contributed by atoms with Gasteiger partial charge in [0.2, 0.25) is 0 Å². The van der Waals surface area contributed by atoms with E-state index in [0.29, 0.717) is 22.3 Å². The average molecular weight is 491 g/mol. The molecular formula is C30H34O6. The molecule has 0 aromatic carbocycles. The van der Waals surface area contributed by atoms with Crippen molar-refractivity contribution in [2.75, 3.05) is 0 Å². The summed E-state index contributed by atoms with van der Waals surface area (Å²) in [5, 5.41) is 0. The number of rotatable bonds is 6. The van der Waals surface area contributed by atoms with Gasteiger partial charge in [0, 0.05) is 17.0 Å². The van der Waals surface area contributed by atoms with E-state index in [9.17, 15) is 9.59 Å². The first kappa shape index (κ1) is 20.9. The second kappa shape index (κ2) is 6.48. The maximum Gasteiger partial charge on any atom is 0.348 e. The Labute approximate surface area is 210 Å². The summed E-state index contributed by atoms with van der Waals surface area (Å²) < 4.78 is 23.9. The van der Waals surface area contributed by atoms with Gasteiger partial charge in [-0.15, -0.1) is 0 Å². The molecule has 6 heterocycles. The summed E-state index contributed by atoms with van der Waals surface area (Å²) >= 11 is 0. The van der Waals surface area contributed by atoms with Crippen molar-refractivity contribution in [3.05, 3.63) is 16.7 Å². The third kappa shape index (κ3) is 2.39. The lowest BCUT2D eigenvalue weighted by molar-refractivity contribution is -0.149. The number of fused-ring (bicyclic) bond motifs is 2. The number of ether oxygens (including phenoxy) is 3. The molecule has 3 saturated heterocycles. The maximum atomic E-state index is 13.3. The van der Waals surface area contributed by atoms with Gasteiger partial charge in [-0.05, 0) is 100 Å². The molecule has 0 amide bonds. The maximum absolute atomic E-state index is 13.3. The van der Waals surface area contributed by atoms with Crippen LogP contribution in [-0.2, 0) is 20.7 Å². The molecule has 2 aromatic heterocycles. The Morgan fingerprint density at radius 1 is 0.972 bits per heavy atom. The quantitative estimate of drug-likeness (QED) is 0.492. The van der Waals surface area contributed by atoms with E-state index < -0.39 is 5.41 Å². The molecule has 6 nitrogen and oxygen atoms in total. The standard InChI is InChI=1S/C30H34O6/c1-13-22-19(21-25(34-22)23(13)35-27(21)31)4-3-18-20-12-30(26(33-20)24(18)36-28(30)32)6-5-17-15-7-14-8-16(17)11-29(2,9-14)10-15/h14-18,20,24,26H,3-12H2,1-2H3/t14?,15?,16?,17?,18?,20?,24?,26?,29?,30-/m1/s1. The lowest BCUT2D eigenvalue weighted by atomic mass is 9.46. The number of esters is 2. The summed E-state index contributed by atoms with van der Waals surface area (Å²) in [4.78, 5) is 25.7. The van der Waals surface area contributed by atoms with Gasteiger partial charge < -0.3 is 18.6 Å². The van der Waals surface area contributed by atoms with Crippen molar-refractivity contribution < 1.29 is 28.2 Å². The van der Waals surface area contributed by atoms with Crippen LogP contribution in [-0.4, -0.2) is 30.3 Å². The Balaban J connectivity index is 0.914. The molecule has 7 atom stereocenters. The molecule has 8 bridgehead atoms. The molecule has 6 heteroatoms. The third-order valence-electron chi connectivity index (χ3n) is 12.0. The number of hydrogen-bond acceptors (Lipinski definition) is 6. The Morgan fingerprint density at radius 2 is 1.78 bits per heavy atom. The highest BCUT2D eigenvalue weighted by molar-refractivity contribution is 6.11. The van der Waals surface area contributed by atoms with E-state index in [1.807, 2.05) is 6.92 Å². The van der Waals surface area contributed by atoms with Crippen molar-refractivity contribution in [1.29, 1.82) is 0 Å². The van der Waals surface area contributed by atoms with Gasteiger partial charge in [-0.3, -0.25) is 4.79 Å². The van der Waals surface area contributed by atoms with E-state index in [4.69, 9.17) is 18.6 Å². The lowest BCUT2D eigenvalue weighted by Gasteiger charge is -2.59. The molecule has 7 fully saturated rings. The largest absolute Gasteiger partial charge is 0.459 e. The monoisotopic (exact) mass is 490 g/mol. The summed E-state index contributed by atoms with van der Waals surface area (Å²) in [5.74, 6) is 3.97. The van der Waals surface area contributed by atoms with Crippen LogP contribution in [0.2, 0.25) is 0 Å². The Bertz CT molecular complexity index is 1310. The molecule has 190 valence electrons. The summed E-state index contributed by atoms with van der Waals surface area (Å²) in [6.45, 7) is 4.48. The fourth-order valence-corrected chi connectivity index (χ4v) is 10.9. The average Bonchev–Trinajstić information content (AvgIpc) is 3.60. The van der Waals surface area contributed by atoms with Gasteiger partial charge in [-0.25, -0.2) is 4.79 Å². The molecule has 4 aliphatic carbocycles. The molecule has 0 N–H and O–H groups in total. The van der Waals surface area contributed by atoms with Gasteiger partial charge in [0.1, 0.15) is 28.8 Å². The minimum Gasteiger partial charge on any atom is -0.459 e. The molecule has 10 rings (SSSR count). The molecule has 4 aliphatic heterocycles. The van der Waals surface area contributed by atoms with Crippen LogP contribution >= 0.6 is 0 Å². The number of furan rings is 2. The van der Waals surface area contributed by atoms with E-state index in [0.717, 1.165) is 72.5 Å². The Kier molecular flexibility index (Phi) is 3.77. The Morgan fingerprint density at radius 3 is 2.56 bits per heavy atom.